The first-order valence-electron chi connectivity index (χ1n) is 4.14. The third-order valence-electron chi connectivity index (χ3n) is 1.68. The van der Waals surface area contributed by atoms with Gasteiger partial charge in [0.05, 0.1) is 0 Å². The number of hydrogen-bond donors (Lipinski definition) is 1. The van der Waals surface area contributed by atoms with Crippen LogP contribution in [0, 0.1) is 5.41 Å². The molecule has 0 amide bonds. The molecule has 0 saturated carbocycles. The van der Waals surface area contributed by atoms with Gasteiger partial charge in [0.25, 0.3) is 0 Å². The van der Waals surface area contributed by atoms with Crippen LogP contribution in [-0.2, 0) is 0 Å². The van der Waals surface area contributed by atoms with E-state index in [2.05, 4.69) is 19.1 Å². The normalized spacial score (nSPS) is 10.4. The minimum absolute atomic E-state index is 0.974. The summed E-state index contributed by atoms with van der Waals surface area (Å²) in [6, 6.07) is 7.90. The molecule has 0 aliphatic rings. The molecular formula is C11H13N. The smallest absolute Gasteiger partial charge is 0.0256 e. The van der Waals surface area contributed by atoms with Crippen molar-refractivity contribution < 1.29 is 0 Å². The average Bonchev–Trinajstić information content (AvgIpc) is 2.15. The summed E-state index contributed by atoms with van der Waals surface area (Å²) in [5.41, 5.74) is 2.09. The first kappa shape index (κ1) is 8.72. The first-order chi connectivity index (χ1) is 5.88. The van der Waals surface area contributed by atoms with E-state index in [0.717, 1.165) is 17.5 Å². The molecule has 0 fully saturated rings. The van der Waals surface area contributed by atoms with E-state index in [-0.39, 0.29) is 0 Å². The van der Waals surface area contributed by atoms with Gasteiger partial charge in [-0.3, -0.25) is 0 Å². The van der Waals surface area contributed by atoms with E-state index in [4.69, 9.17) is 5.41 Å². The number of benzene rings is 1. The molecule has 1 aromatic rings. The number of allylic oxidation sites excluding steroid dienone is 1. The van der Waals surface area contributed by atoms with Crippen LogP contribution in [0.5, 0.6) is 0 Å². The molecule has 1 nitrogen and oxygen atoms in total. The first-order valence-corrected chi connectivity index (χ1v) is 4.14. The van der Waals surface area contributed by atoms with Crippen molar-refractivity contribution in [1.29, 1.82) is 5.41 Å². The quantitative estimate of drug-likeness (QED) is 0.655. The van der Waals surface area contributed by atoms with E-state index in [1.54, 1.807) is 0 Å². The Kier molecular flexibility index (Phi) is 3.27. The zero-order valence-electron chi connectivity index (χ0n) is 7.25. The third-order valence-corrected chi connectivity index (χ3v) is 1.68. The van der Waals surface area contributed by atoms with Gasteiger partial charge in [-0.05, 0) is 17.5 Å². The predicted octanol–water partition coefficient (Wildman–Crippen LogP) is 3.11. The maximum Gasteiger partial charge on any atom is 0.0256 e. The van der Waals surface area contributed by atoms with Gasteiger partial charge in [0, 0.05) is 6.21 Å². The Labute approximate surface area is 73.3 Å². The summed E-state index contributed by atoms with van der Waals surface area (Å²) in [4.78, 5) is 0. The van der Waals surface area contributed by atoms with Crippen molar-refractivity contribution in [3.05, 3.63) is 41.5 Å². The van der Waals surface area contributed by atoms with Crippen molar-refractivity contribution in [1.82, 2.24) is 0 Å². The molecule has 0 bridgehead atoms. The highest BCUT2D eigenvalue weighted by molar-refractivity contribution is 5.83. The van der Waals surface area contributed by atoms with Crippen LogP contribution in [0.25, 0.3) is 6.08 Å². The monoisotopic (exact) mass is 159 g/mol. The topological polar surface area (TPSA) is 23.9 Å². The minimum atomic E-state index is 0.974. The molecule has 0 atom stereocenters. The van der Waals surface area contributed by atoms with Gasteiger partial charge in [0.15, 0.2) is 0 Å². The zero-order valence-corrected chi connectivity index (χ0v) is 7.25. The maximum atomic E-state index is 7.16. The summed E-state index contributed by atoms with van der Waals surface area (Å²) >= 11 is 0. The fourth-order valence-electron chi connectivity index (χ4n) is 1.04. The van der Waals surface area contributed by atoms with Crippen LogP contribution in [0.3, 0.4) is 0 Å². The van der Waals surface area contributed by atoms with Gasteiger partial charge in [-0.2, -0.15) is 0 Å². The van der Waals surface area contributed by atoms with Crippen LogP contribution in [0.1, 0.15) is 24.5 Å². The van der Waals surface area contributed by atoms with Gasteiger partial charge in [0.2, 0.25) is 0 Å². The van der Waals surface area contributed by atoms with Crippen LogP contribution in [0.15, 0.2) is 30.3 Å². The van der Waals surface area contributed by atoms with Gasteiger partial charge >= 0.3 is 0 Å². The van der Waals surface area contributed by atoms with Gasteiger partial charge in [-0.15, -0.1) is 0 Å². The van der Waals surface area contributed by atoms with Gasteiger partial charge in [-0.25, -0.2) is 0 Å². The summed E-state index contributed by atoms with van der Waals surface area (Å²) < 4.78 is 0. The fourth-order valence-corrected chi connectivity index (χ4v) is 1.04. The van der Waals surface area contributed by atoms with E-state index in [1.807, 2.05) is 24.3 Å². The lowest BCUT2D eigenvalue weighted by Gasteiger charge is -1.97. The number of nitrogens with one attached hydrogen (secondary N) is 1. The Hall–Kier alpha value is -1.37. The molecule has 1 N–H and O–H groups in total. The fraction of sp³-hybridized carbons (Fsp3) is 0.182. The van der Waals surface area contributed by atoms with Crippen molar-refractivity contribution >= 4 is 12.3 Å². The van der Waals surface area contributed by atoms with Crippen LogP contribution in [-0.4, -0.2) is 6.21 Å². The largest absolute Gasteiger partial charge is 0.308 e. The molecule has 62 valence electrons. The molecule has 0 unspecified atom stereocenters. The second-order valence-electron chi connectivity index (χ2n) is 2.58. The van der Waals surface area contributed by atoms with E-state index >= 15 is 0 Å². The lowest BCUT2D eigenvalue weighted by molar-refractivity contribution is 1.23. The highest BCUT2D eigenvalue weighted by atomic mass is 14.3. The highest BCUT2D eigenvalue weighted by Gasteiger charge is 1.91. The lowest BCUT2D eigenvalue weighted by Crippen LogP contribution is -1.83. The Morgan fingerprint density at radius 2 is 1.92 bits per heavy atom. The minimum Gasteiger partial charge on any atom is -0.308 e. The third kappa shape index (κ3) is 2.06. The van der Waals surface area contributed by atoms with E-state index in [0.29, 0.717) is 0 Å². The molecule has 1 rings (SSSR count). The van der Waals surface area contributed by atoms with Gasteiger partial charge < -0.3 is 5.41 Å². The molecule has 1 heteroatoms. The number of hydrogen-bond acceptors (Lipinski definition) is 1. The van der Waals surface area contributed by atoms with Crippen LogP contribution in [0.4, 0.5) is 0 Å². The SMILES string of the molecule is CC/C=C/c1ccccc1C=N. The van der Waals surface area contributed by atoms with Crippen molar-refractivity contribution in [2.24, 2.45) is 0 Å². The molecule has 0 spiro atoms. The summed E-state index contributed by atoms with van der Waals surface area (Å²) in [6.45, 7) is 2.10. The average molecular weight is 159 g/mol. The number of rotatable bonds is 3. The Morgan fingerprint density at radius 3 is 2.50 bits per heavy atom. The predicted molar refractivity (Wildman–Crippen MR) is 53.7 cm³/mol. The van der Waals surface area contributed by atoms with E-state index < -0.39 is 0 Å². The van der Waals surface area contributed by atoms with Crippen molar-refractivity contribution in [3.8, 4) is 0 Å². The van der Waals surface area contributed by atoms with Gasteiger partial charge in [0.1, 0.15) is 0 Å². The molecule has 12 heavy (non-hydrogen) atoms. The van der Waals surface area contributed by atoms with Crippen molar-refractivity contribution in [2.75, 3.05) is 0 Å². The molecule has 0 aromatic heterocycles. The summed E-state index contributed by atoms with van der Waals surface area (Å²) in [5, 5.41) is 7.16. The Morgan fingerprint density at radius 1 is 1.25 bits per heavy atom. The molecule has 0 aliphatic heterocycles. The molecule has 0 saturated heterocycles. The van der Waals surface area contributed by atoms with Crippen LogP contribution in [0.2, 0.25) is 0 Å². The second kappa shape index (κ2) is 4.50. The molecule has 0 radical (unpaired) electrons. The van der Waals surface area contributed by atoms with Crippen LogP contribution >= 0.6 is 0 Å². The van der Waals surface area contributed by atoms with Crippen molar-refractivity contribution in [2.45, 2.75) is 13.3 Å². The van der Waals surface area contributed by atoms with Crippen LogP contribution < -0.4 is 0 Å². The molecular weight excluding hydrogens is 146 g/mol. The molecule has 0 aliphatic carbocycles. The highest BCUT2D eigenvalue weighted by Crippen LogP contribution is 2.08. The Bertz CT molecular complexity index is 287. The lowest BCUT2D eigenvalue weighted by atomic mass is 10.1. The van der Waals surface area contributed by atoms with E-state index in [1.165, 1.54) is 6.21 Å². The summed E-state index contributed by atoms with van der Waals surface area (Å²) in [6.07, 6.45) is 6.57. The Balaban J connectivity index is 2.96. The molecule has 1 aromatic carbocycles. The maximum absolute atomic E-state index is 7.16. The molecule has 0 heterocycles. The second-order valence-corrected chi connectivity index (χ2v) is 2.58. The van der Waals surface area contributed by atoms with Crippen molar-refractivity contribution in [3.63, 3.8) is 0 Å². The van der Waals surface area contributed by atoms with Gasteiger partial charge in [-0.1, -0.05) is 43.3 Å². The van der Waals surface area contributed by atoms with E-state index in [9.17, 15) is 0 Å². The zero-order chi connectivity index (χ0) is 8.81. The summed E-state index contributed by atoms with van der Waals surface area (Å²) in [7, 11) is 0. The summed E-state index contributed by atoms with van der Waals surface area (Å²) in [5.74, 6) is 0. The standard InChI is InChI=1S/C11H13N/c1-2-3-6-10-7-4-5-8-11(10)9-12/h3-9,12H,2H2,1H3/b6-3+,12-9?.